The Bertz CT molecular complexity index is 937. The maximum absolute atomic E-state index is 14.4. The maximum atomic E-state index is 14.4. The van der Waals surface area contributed by atoms with E-state index in [-0.39, 0.29) is 24.2 Å². The minimum atomic E-state index is -0.879. The summed E-state index contributed by atoms with van der Waals surface area (Å²) in [5, 5.41) is 13.8. The summed E-state index contributed by atoms with van der Waals surface area (Å²) >= 11 is 0. The summed E-state index contributed by atoms with van der Waals surface area (Å²) < 4.78 is 16.0. The molecule has 7 heteroatoms. The second kappa shape index (κ2) is 6.48. The van der Waals surface area contributed by atoms with Crippen LogP contribution in [0.25, 0.3) is 5.69 Å². The van der Waals surface area contributed by atoms with Crippen molar-refractivity contribution >= 4 is 11.9 Å². The molecular weight excluding hydrogens is 349 g/mol. The zero-order valence-corrected chi connectivity index (χ0v) is 15.4. The van der Waals surface area contributed by atoms with Crippen LogP contribution in [-0.4, -0.2) is 44.8 Å². The number of carbonyl (C=O) groups excluding carboxylic acids is 1. The van der Waals surface area contributed by atoms with Gasteiger partial charge in [-0.3, -0.25) is 9.59 Å². The third kappa shape index (κ3) is 2.91. The minimum absolute atomic E-state index is 0.101. The van der Waals surface area contributed by atoms with Gasteiger partial charge in [-0.25, -0.2) is 9.07 Å². The number of carbonyl (C=O) groups is 2. The molecule has 1 amide bonds. The number of fused-ring (bicyclic) bond motifs is 1. The van der Waals surface area contributed by atoms with Gasteiger partial charge in [-0.05, 0) is 49.8 Å². The molecule has 1 aromatic heterocycles. The van der Waals surface area contributed by atoms with Crippen molar-refractivity contribution in [1.82, 2.24) is 14.7 Å². The van der Waals surface area contributed by atoms with E-state index < -0.39 is 11.9 Å². The topological polar surface area (TPSA) is 75.4 Å². The lowest BCUT2D eigenvalue weighted by atomic mass is 9.99. The second-order valence-electron chi connectivity index (χ2n) is 7.63. The summed E-state index contributed by atoms with van der Waals surface area (Å²) in [5.41, 5.74) is 3.35. The van der Waals surface area contributed by atoms with Gasteiger partial charge in [0.15, 0.2) is 5.69 Å². The average molecular weight is 371 g/mol. The number of nitrogens with zero attached hydrogens (tertiary/aromatic N) is 3. The predicted octanol–water partition coefficient (Wildman–Crippen LogP) is 2.60. The van der Waals surface area contributed by atoms with Crippen molar-refractivity contribution in [3.05, 3.63) is 46.5 Å². The zero-order chi connectivity index (χ0) is 19.3. The number of hydrogen-bond acceptors (Lipinski definition) is 3. The zero-order valence-electron chi connectivity index (χ0n) is 15.4. The quantitative estimate of drug-likeness (QED) is 0.900. The highest BCUT2D eigenvalue weighted by Gasteiger charge is 2.39. The van der Waals surface area contributed by atoms with Gasteiger partial charge >= 0.3 is 5.97 Å². The van der Waals surface area contributed by atoms with E-state index in [1.54, 1.807) is 21.7 Å². The molecule has 142 valence electrons. The van der Waals surface area contributed by atoms with Gasteiger partial charge in [-0.1, -0.05) is 13.0 Å². The van der Waals surface area contributed by atoms with Crippen molar-refractivity contribution in [2.45, 2.75) is 33.1 Å². The normalized spacial score (nSPS) is 21.5. The van der Waals surface area contributed by atoms with Crippen molar-refractivity contribution in [3.63, 3.8) is 0 Å². The van der Waals surface area contributed by atoms with Crippen LogP contribution in [0.2, 0.25) is 0 Å². The van der Waals surface area contributed by atoms with Crippen molar-refractivity contribution in [2.75, 3.05) is 13.1 Å². The Kier molecular flexibility index (Phi) is 4.25. The van der Waals surface area contributed by atoms with Crippen LogP contribution in [-0.2, 0) is 17.6 Å². The van der Waals surface area contributed by atoms with E-state index in [1.807, 2.05) is 13.8 Å². The van der Waals surface area contributed by atoms with Gasteiger partial charge in [-0.15, -0.1) is 0 Å². The third-order valence-corrected chi connectivity index (χ3v) is 5.68. The Hall–Kier alpha value is -2.70. The summed E-state index contributed by atoms with van der Waals surface area (Å²) in [7, 11) is 0. The standard InChI is InChI=1S/C20H22FN3O3/c1-11-6-7-15(21)17(8-11)24-16-5-3-4-13(16)18(22-24)19(25)23-9-12(2)14(10-23)20(26)27/h6-8,12,14H,3-5,9-10H2,1-2H3,(H,26,27)/t12-,14-/m1/s1. The molecule has 1 fully saturated rings. The van der Waals surface area contributed by atoms with Gasteiger partial charge < -0.3 is 10.0 Å². The van der Waals surface area contributed by atoms with Crippen LogP contribution < -0.4 is 0 Å². The van der Waals surface area contributed by atoms with Gasteiger partial charge in [0.05, 0.1) is 5.92 Å². The molecule has 0 bridgehead atoms. The van der Waals surface area contributed by atoms with Crippen molar-refractivity contribution < 1.29 is 19.1 Å². The molecule has 1 saturated heterocycles. The van der Waals surface area contributed by atoms with E-state index >= 15 is 0 Å². The first-order chi connectivity index (χ1) is 12.9. The molecule has 27 heavy (non-hydrogen) atoms. The molecule has 6 nitrogen and oxygen atoms in total. The SMILES string of the molecule is Cc1ccc(F)c(-n2nc(C(=O)N3C[C@@H](C)[C@H](C(=O)O)C3)c3c2CCC3)c1. The summed E-state index contributed by atoms with van der Waals surface area (Å²) in [6, 6.07) is 4.84. The van der Waals surface area contributed by atoms with Crippen molar-refractivity contribution in [1.29, 1.82) is 0 Å². The molecule has 0 saturated carbocycles. The molecule has 0 unspecified atom stereocenters. The fourth-order valence-electron chi connectivity index (χ4n) is 4.20. The van der Waals surface area contributed by atoms with Crippen LogP contribution >= 0.6 is 0 Å². The molecule has 2 aromatic rings. The smallest absolute Gasteiger partial charge is 0.308 e. The molecular formula is C20H22FN3O3. The molecule has 2 aliphatic rings. The number of hydrogen-bond donors (Lipinski definition) is 1. The Morgan fingerprint density at radius 3 is 2.74 bits per heavy atom. The van der Waals surface area contributed by atoms with E-state index in [0.717, 1.165) is 36.1 Å². The van der Waals surface area contributed by atoms with E-state index in [0.29, 0.717) is 17.9 Å². The Morgan fingerprint density at radius 2 is 2.04 bits per heavy atom. The first kappa shape index (κ1) is 17.7. The number of carboxylic acid groups (broad SMARTS) is 1. The number of benzene rings is 1. The van der Waals surface area contributed by atoms with Gasteiger partial charge in [0.2, 0.25) is 0 Å². The molecule has 1 N–H and O–H groups in total. The van der Waals surface area contributed by atoms with E-state index in [9.17, 15) is 19.1 Å². The minimum Gasteiger partial charge on any atom is -0.481 e. The first-order valence-electron chi connectivity index (χ1n) is 9.26. The molecule has 1 aliphatic carbocycles. The highest BCUT2D eigenvalue weighted by atomic mass is 19.1. The van der Waals surface area contributed by atoms with Gasteiger partial charge in [0, 0.05) is 24.3 Å². The number of rotatable bonds is 3. The number of aryl methyl sites for hydroxylation is 1. The Morgan fingerprint density at radius 1 is 1.26 bits per heavy atom. The fourth-order valence-corrected chi connectivity index (χ4v) is 4.20. The third-order valence-electron chi connectivity index (χ3n) is 5.68. The first-order valence-corrected chi connectivity index (χ1v) is 9.26. The summed E-state index contributed by atoms with van der Waals surface area (Å²) in [6.07, 6.45) is 2.38. The second-order valence-corrected chi connectivity index (χ2v) is 7.63. The van der Waals surface area contributed by atoms with Crippen LogP contribution in [0.1, 0.15) is 40.7 Å². The average Bonchev–Trinajstić information content (AvgIpc) is 3.31. The number of likely N-dealkylation sites (tertiary alicyclic amines) is 1. The number of amides is 1. The van der Waals surface area contributed by atoms with Gasteiger partial charge in [0.25, 0.3) is 5.91 Å². The molecule has 1 aliphatic heterocycles. The maximum Gasteiger partial charge on any atom is 0.308 e. The monoisotopic (exact) mass is 371 g/mol. The van der Waals surface area contributed by atoms with Gasteiger partial charge in [-0.2, -0.15) is 5.10 Å². The lowest BCUT2D eigenvalue weighted by molar-refractivity contribution is -0.142. The summed E-state index contributed by atoms with van der Waals surface area (Å²) in [6.45, 7) is 4.32. The molecule has 0 radical (unpaired) electrons. The highest BCUT2D eigenvalue weighted by molar-refractivity contribution is 5.95. The Balaban J connectivity index is 1.72. The number of halogens is 1. The van der Waals surface area contributed by atoms with Crippen LogP contribution in [0.5, 0.6) is 0 Å². The largest absolute Gasteiger partial charge is 0.481 e. The van der Waals surface area contributed by atoms with Crippen molar-refractivity contribution in [3.8, 4) is 5.69 Å². The van der Waals surface area contributed by atoms with Crippen molar-refractivity contribution in [2.24, 2.45) is 11.8 Å². The van der Waals surface area contributed by atoms with Gasteiger partial charge in [0.1, 0.15) is 11.5 Å². The van der Waals surface area contributed by atoms with Crippen LogP contribution in [0.15, 0.2) is 18.2 Å². The highest BCUT2D eigenvalue weighted by Crippen LogP contribution is 2.31. The summed E-state index contributed by atoms with van der Waals surface area (Å²) in [4.78, 5) is 26.0. The predicted molar refractivity (Wildman–Crippen MR) is 96.5 cm³/mol. The summed E-state index contributed by atoms with van der Waals surface area (Å²) in [5.74, 6) is -2.17. The number of aliphatic carboxylic acids is 1. The van der Waals surface area contributed by atoms with E-state index in [1.165, 1.54) is 6.07 Å². The van der Waals surface area contributed by atoms with E-state index in [4.69, 9.17) is 0 Å². The molecule has 2 heterocycles. The molecule has 0 spiro atoms. The van der Waals surface area contributed by atoms with Crippen LogP contribution in [0.4, 0.5) is 4.39 Å². The molecule has 4 rings (SSSR count). The Labute approximate surface area is 156 Å². The molecule has 1 aromatic carbocycles. The lowest BCUT2D eigenvalue weighted by Gasteiger charge is -2.15. The number of aromatic nitrogens is 2. The number of carboxylic acids is 1. The van der Waals surface area contributed by atoms with Crippen LogP contribution in [0, 0.1) is 24.6 Å². The lowest BCUT2D eigenvalue weighted by Crippen LogP contribution is -2.31. The van der Waals surface area contributed by atoms with E-state index in [2.05, 4.69) is 5.10 Å². The van der Waals surface area contributed by atoms with Crippen LogP contribution in [0.3, 0.4) is 0 Å². The molecule has 2 atom stereocenters. The fraction of sp³-hybridized carbons (Fsp3) is 0.450.